The molecule has 1 aliphatic carbocycles. The van der Waals surface area contributed by atoms with Crippen molar-refractivity contribution in [1.29, 1.82) is 0 Å². The summed E-state index contributed by atoms with van der Waals surface area (Å²) in [4.78, 5) is 24.4. The summed E-state index contributed by atoms with van der Waals surface area (Å²) in [7, 11) is 0. The maximum absolute atomic E-state index is 12.9. The first-order chi connectivity index (χ1) is 10.6. The van der Waals surface area contributed by atoms with Crippen LogP contribution in [0.3, 0.4) is 0 Å². The Hall–Kier alpha value is -1.84. The fraction of sp³-hybridized carbons (Fsp3) is 0.556. The van der Waals surface area contributed by atoms with Crippen LogP contribution in [0.4, 0.5) is 5.69 Å². The van der Waals surface area contributed by atoms with Gasteiger partial charge in [0, 0.05) is 5.41 Å². The molecule has 0 heterocycles. The monoisotopic (exact) mass is 302 g/mol. The highest BCUT2D eigenvalue weighted by atomic mass is 16.2. The summed E-state index contributed by atoms with van der Waals surface area (Å²) in [5.74, 6) is -0.462. The minimum absolute atomic E-state index is 0.0503. The highest BCUT2D eigenvalue weighted by Gasteiger charge is 2.38. The van der Waals surface area contributed by atoms with Crippen LogP contribution in [0.2, 0.25) is 0 Å². The van der Waals surface area contributed by atoms with Gasteiger partial charge in [0.1, 0.15) is 0 Å². The molecule has 1 aromatic carbocycles. The maximum atomic E-state index is 12.9. The van der Waals surface area contributed by atoms with Crippen molar-refractivity contribution < 1.29 is 9.59 Å². The van der Waals surface area contributed by atoms with Gasteiger partial charge in [-0.3, -0.25) is 9.59 Å². The summed E-state index contributed by atoms with van der Waals surface area (Å²) in [6.07, 6.45) is 8.38. The summed E-state index contributed by atoms with van der Waals surface area (Å²) in [6, 6.07) is 6.96. The molecule has 0 unspecified atom stereocenters. The van der Waals surface area contributed by atoms with Crippen molar-refractivity contribution in [2.45, 2.75) is 58.3 Å². The predicted molar refractivity (Wildman–Crippen MR) is 88.6 cm³/mol. The van der Waals surface area contributed by atoms with Crippen molar-refractivity contribution in [3.8, 4) is 0 Å². The molecule has 0 saturated heterocycles. The molecule has 3 N–H and O–H groups in total. The number of primary amides is 1. The van der Waals surface area contributed by atoms with Crippen LogP contribution in [0.25, 0.3) is 0 Å². The van der Waals surface area contributed by atoms with E-state index in [0.717, 1.165) is 44.9 Å². The van der Waals surface area contributed by atoms with E-state index in [9.17, 15) is 9.59 Å². The molecule has 0 aromatic heterocycles. The lowest BCUT2D eigenvalue weighted by molar-refractivity contribution is -0.128. The molecule has 22 heavy (non-hydrogen) atoms. The van der Waals surface area contributed by atoms with Crippen LogP contribution in [0.1, 0.15) is 68.6 Å². The quantitative estimate of drug-likeness (QED) is 0.837. The zero-order valence-corrected chi connectivity index (χ0v) is 13.4. The number of anilines is 1. The summed E-state index contributed by atoms with van der Waals surface area (Å²) in [5, 5.41) is 2.97. The molecule has 0 spiro atoms. The van der Waals surface area contributed by atoms with E-state index in [4.69, 9.17) is 5.73 Å². The molecule has 1 fully saturated rings. The minimum Gasteiger partial charge on any atom is -0.366 e. The average Bonchev–Trinajstić information content (AvgIpc) is 2.54. The molecule has 1 aliphatic rings. The van der Waals surface area contributed by atoms with E-state index in [0.29, 0.717) is 11.3 Å². The number of hydrogen-bond acceptors (Lipinski definition) is 2. The molecule has 2 amide bonds. The summed E-state index contributed by atoms with van der Waals surface area (Å²) in [5.41, 5.74) is 6.01. The molecule has 4 heteroatoms. The van der Waals surface area contributed by atoms with E-state index >= 15 is 0 Å². The zero-order valence-electron chi connectivity index (χ0n) is 13.4. The van der Waals surface area contributed by atoms with Gasteiger partial charge in [0.25, 0.3) is 5.91 Å². The molecule has 0 atom stereocenters. The van der Waals surface area contributed by atoms with Crippen molar-refractivity contribution in [2.75, 3.05) is 5.32 Å². The van der Waals surface area contributed by atoms with Gasteiger partial charge < -0.3 is 11.1 Å². The third-order valence-corrected chi connectivity index (χ3v) is 4.74. The Labute approximate surface area is 132 Å². The number of benzene rings is 1. The number of carbonyl (C=O) groups excluding carboxylic acids is 2. The normalized spacial score (nSPS) is 17.0. The second kappa shape index (κ2) is 7.43. The first kappa shape index (κ1) is 16.5. The van der Waals surface area contributed by atoms with E-state index in [-0.39, 0.29) is 11.3 Å². The Kier molecular flexibility index (Phi) is 5.58. The van der Waals surface area contributed by atoms with Crippen LogP contribution in [0.5, 0.6) is 0 Å². The van der Waals surface area contributed by atoms with Crippen molar-refractivity contribution in [3.05, 3.63) is 29.8 Å². The first-order valence-corrected chi connectivity index (χ1v) is 8.29. The Bertz CT molecular complexity index is 534. The Morgan fingerprint density at radius 1 is 1.18 bits per heavy atom. The molecule has 1 aromatic rings. The fourth-order valence-corrected chi connectivity index (χ4v) is 3.40. The van der Waals surface area contributed by atoms with Crippen LogP contribution in [-0.4, -0.2) is 11.8 Å². The van der Waals surface area contributed by atoms with E-state index in [2.05, 4.69) is 12.2 Å². The summed E-state index contributed by atoms with van der Waals surface area (Å²) >= 11 is 0. The van der Waals surface area contributed by atoms with Crippen LogP contribution in [-0.2, 0) is 4.79 Å². The second-order valence-electron chi connectivity index (χ2n) is 6.31. The summed E-state index contributed by atoms with van der Waals surface area (Å²) < 4.78 is 0. The highest BCUT2D eigenvalue weighted by molar-refractivity contribution is 6.04. The predicted octanol–water partition coefficient (Wildman–Crippen LogP) is 3.86. The van der Waals surface area contributed by atoms with Crippen molar-refractivity contribution in [3.63, 3.8) is 0 Å². The fourth-order valence-electron chi connectivity index (χ4n) is 3.40. The highest BCUT2D eigenvalue weighted by Crippen LogP contribution is 2.41. The number of para-hydroxylation sites is 1. The third-order valence-electron chi connectivity index (χ3n) is 4.74. The van der Waals surface area contributed by atoms with Gasteiger partial charge in [0.2, 0.25) is 5.91 Å². The minimum atomic E-state index is -0.512. The topological polar surface area (TPSA) is 72.2 Å². The lowest BCUT2D eigenvalue weighted by atomic mass is 9.70. The second-order valence-corrected chi connectivity index (χ2v) is 6.31. The number of amides is 2. The van der Waals surface area contributed by atoms with E-state index < -0.39 is 5.91 Å². The number of hydrogen-bond donors (Lipinski definition) is 2. The average molecular weight is 302 g/mol. The van der Waals surface area contributed by atoms with Gasteiger partial charge in [-0.1, -0.05) is 51.2 Å². The van der Waals surface area contributed by atoms with E-state index in [1.807, 2.05) is 6.07 Å². The van der Waals surface area contributed by atoms with Gasteiger partial charge >= 0.3 is 0 Å². The lowest BCUT2D eigenvalue weighted by Gasteiger charge is -2.36. The molecule has 0 aliphatic heterocycles. The Morgan fingerprint density at radius 3 is 2.50 bits per heavy atom. The standard InChI is InChI=1S/C18H26N2O2/c1-2-3-11-18(12-7-4-8-13-18)17(22)20-15-10-6-5-9-14(15)16(19)21/h5-6,9-10H,2-4,7-8,11-13H2,1H3,(H2,19,21)(H,20,22). The van der Waals surface area contributed by atoms with Gasteiger partial charge in [0.15, 0.2) is 0 Å². The molecule has 4 nitrogen and oxygen atoms in total. The van der Waals surface area contributed by atoms with Crippen LogP contribution in [0.15, 0.2) is 24.3 Å². The number of rotatable bonds is 6. The van der Waals surface area contributed by atoms with Gasteiger partial charge in [-0.15, -0.1) is 0 Å². The van der Waals surface area contributed by atoms with E-state index in [1.54, 1.807) is 18.2 Å². The zero-order chi connectivity index (χ0) is 16.0. The van der Waals surface area contributed by atoms with Gasteiger partial charge in [-0.05, 0) is 31.4 Å². The molecule has 0 bridgehead atoms. The third kappa shape index (κ3) is 3.67. The number of nitrogens with two attached hydrogens (primary N) is 1. The molecule has 1 saturated carbocycles. The van der Waals surface area contributed by atoms with Crippen LogP contribution < -0.4 is 11.1 Å². The number of unbranched alkanes of at least 4 members (excludes halogenated alkanes) is 1. The maximum Gasteiger partial charge on any atom is 0.250 e. The smallest absolute Gasteiger partial charge is 0.250 e. The summed E-state index contributed by atoms with van der Waals surface area (Å²) in [6.45, 7) is 2.15. The first-order valence-electron chi connectivity index (χ1n) is 8.29. The Morgan fingerprint density at radius 2 is 1.86 bits per heavy atom. The lowest BCUT2D eigenvalue weighted by Crippen LogP contribution is -2.38. The van der Waals surface area contributed by atoms with Crippen molar-refractivity contribution in [1.82, 2.24) is 0 Å². The van der Waals surface area contributed by atoms with Gasteiger partial charge in [0.05, 0.1) is 11.3 Å². The molecular weight excluding hydrogens is 276 g/mol. The number of carbonyl (C=O) groups is 2. The number of nitrogens with one attached hydrogen (secondary N) is 1. The van der Waals surface area contributed by atoms with Crippen LogP contribution >= 0.6 is 0 Å². The molecular formula is C18H26N2O2. The molecule has 120 valence electrons. The van der Waals surface area contributed by atoms with Crippen molar-refractivity contribution in [2.24, 2.45) is 11.1 Å². The largest absolute Gasteiger partial charge is 0.366 e. The SMILES string of the molecule is CCCCC1(C(=O)Nc2ccccc2C(N)=O)CCCCC1. The Balaban J connectivity index is 2.19. The van der Waals surface area contributed by atoms with Crippen molar-refractivity contribution >= 4 is 17.5 Å². The van der Waals surface area contributed by atoms with Gasteiger partial charge in [-0.25, -0.2) is 0 Å². The van der Waals surface area contributed by atoms with E-state index in [1.165, 1.54) is 6.42 Å². The molecule has 2 rings (SSSR count). The van der Waals surface area contributed by atoms with Gasteiger partial charge in [-0.2, -0.15) is 0 Å². The molecule has 0 radical (unpaired) electrons. The van der Waals surface area contributed by atoms with Crippen LogP contribution in [0, 0.1) is 5.41 Å².